The minimum absolute atomic E-state index is 0.0621. The van der Waals surface area contributed by atoms with Gasteiger partial charge in [-0.3, -0.25) is 9.79 Å². The van der Waals surface area contributed by atoms with Crippen molar-refractivity contribution in [2.24, 2.45) is 10.9 Å². The second-order valence-corrected chi connectivity index (χ2v) is 7.13. The second kappa shape index (κ2) is 10.1. The monoisotopic (exact) mass is 362 g/mol. The van der Waals surface area contributed by atoms with Crippen LogP contribution in [0.25, 0.3) is 0 Å². The normalized spacial score (nSPS) is 16.0. The lowest BCUT2D eigenvalue weighted by molar-refractivity contribution is -0.135. The highest BCUT2D eigenvalue weighted by atomic mass is 19.1. The van der Waals surface area contributed by atoms with E-state index in [1.165, 1.54) is 6.07 Å². The summed E-state index contributed by atoms with van der Waals surface area (Å²) in [6.45, 7) is 6.27. The Bertz CT molecular complexity index is 610. The fourth-order valence-electron chi connectivity index (χ4n) is 3.19. The Balaban J connectivity index is 1.67. The third-order valence-electron chi connectivity index (χ3n) is 4.69. The summed E-state index contributed by atoms with van der Waals surface area (Å²) in [6.07, 6.45) is 3.61. The topological polar surface area (TPSA) is 56.7 Å². The van der Waals surface area contributed by atoms with Gasteiger partial charge in [0.05, 0.1) is 0 Å². The zero-order valence-corrected chi connectivity index (χ0v) is 16.1. The molecule has 6 heteroatoms. The zero-order valence-electron chi connectivity index (χ0n) is 16.1. The molecule has 1 aromatic rings. The van der Waals surface area contributed by atoms with Gasteiger partial charge in [-0.15, -0.1) is 0 Å². The zero-order chi connectivity index (χ0) is 18.9. The molecule has 0 aliphatic carbocycles. The summed E-state index contributed by atoms with van der Waals surface area (Å²) < 4.78 is 13.2. The van der Waals surface area contributed by atoms with E-state index in [0.29, 0.717) is 6.04 Å². The van der Waals surface area contributed by atoms with Crippen LogP contribution in [0.15, 0.2) is 29.3 Å². The minimum Gasteiger partial charge on any atom is -0.356 e. The van der Waals surface area contributed by atoms with Gasteiger partial charge in [-0.05, 0) is 43.4 Å². The van der Waals surface area contributed by atoms with Crippen molar-refractivity contribution in [3.63, 3.8) is 0 Å². The van der Waals surface area contributed by atoms with Gasteiger partial charge in [-0.1, -0.05) is 26.0 Å². The molecule has 1 saturated heterocycles. The third kappa shape index (κ3) is 6.32. The van der Waals surface area contributed by atoms with Gasteiger partial charge in [0.1, 0.15) is 5.82 Å². The Labute approximate surface area is 156 Å². The number of aliphatic imine (C=N–C) groups is 1. The Morgan fingerprint density at radius 1 is 1.35 bits per heavy atom. The van der Waals surface area contributed by atoms with E-state index in [1.807, 2.05) is 24.8 Å². The molecule has 1 amide bonds. The number of nitrogens with zero attached hydrogens (tertiary/aromatic N) is 2. The molecule has 1 fully saturated rings. The van der Waals surface area contributed by atoms with E-state index in [4.69, 9.17) is 0 Å². The van der Waals surface area contributed by atoms with Crippen LogP contribution in [0.5, 0.6) is 0 Å². The molecule has 144 valence electrons. The maximum absolute atomic E-state index is 13.2. The number of hydrogen-bond donors (Lipinski definition) is 2. The first-order valence-electron chi connectivity index (χ1n) is 9.50. The van der Waals surface area contributed by atoms with E-state index in [2.05, 4.69) is 15.6 Å². The largest absolute Gasteiger partial charge is 0.356 e. The van der Waals surface area contributed by atoms with Crippen molar-refractivity contribution in [1.29, 1.82) is 0 Å². The first-order chi connectivity index (χ1) is 12.5. The summed E-state index contributed by atoms with van der Waals surface area (Å²) >= 11 is 0. The average molecular weight is 362 g/mol. The Morgan fingerprint density at radius 3 is 2.69 bits per heavy atom. The standard InChI is InChI=1S/C20H31FN4O/c1-15(2)19(26)25-12-9-18(10-13-25)24-20(22-3)23-11-5-7-16-6-4-8-17(21)14-16/h4,6,8,14-15,18H,5,7,9-13H2,1-3H3,(H2,22,23,24). The third-order valence-corrected chi connectivity index (χ3v) is 4.69. The quantitative estimate of drug-likeness (QED) is 0.465. The predicted octanol–water partition coefficient (Wildman–Crippen LogP) is 2.57. The predicted molar refractivity (Wildman–Crippen MR) is 104 cm³/mol. The van der Waals surface area contributed by atoms with Crippen LogP contribution in [0.2, 0.25) is 0 Å². The Hall–Kier alpha value is -2.11. The molecule has 5 nitrogen and oxygen atoms in total. The molecule has 2 N–H and O–H groups in total. The molecule has 1 aliphatic heterocycles. The minimum atomic E-state index is -0.185. The number of hydrogen-bond acceptors (Lipinski definition) is 2. The van der Waals surface area contributed by atoms with Crippen LogP contribution in [0.3, 0.4) is 0 Å². The summed E-state index contributed by atoms with van der Waals surface area (Å²) in [6, 6.07) is 7.07. The summed E-state index contributed by atoms with van der Waals surface area (Å²) in [5.74, 6) is 0.906. The molecule has 0 spiro atoms. The SMILES string of the molecule is CN=C(NCCCc1cccc(F)c1)NC1CCN(C(=O)C(C)C)CC1. The number of piperidine rings is 1. The van der Waals surface area contributed by atoms with Crippen LogP contribution in [-0.2, 0) is 11.2 Å². The molecule has 26 heavy (non-hydrogen) atoms. The van der Waals surface area contributed by atoms with Gasteiger partial charge in [0, 0.05) is 38.6 Å². The molecule has 0 radical (unpaired) electrons. The Morgan fingerprint density at radius 2 is 2.08 bits per heavy atom. The number of amides is 1. The number of carbonyl (C=O) groups is 1. The van der Waals surface area contributed by atoms with Crippen molar-refractivity contribution in [2.75, 3.05) is 26.7 Å². The highest BCUT2D eigenvalue weighted by Gasteiger charge is 2.24. The fourth-order valence-corrected chi connectivity index (χ4v) is 3.19. The lowest BCUT2D eigenvalue weighted by Gasteiger charge is -2.34. The summed E-state index contributed by atoms with van der Waals surface area (Å²) in [5.41, 5.74) is 1.01. The highest BCUT2D eigenvalue weighted by Crippen LogP contribution is 2.13. The Kier molecular flexibility index (Phi) is 7.88. The molecule has 1 aromatic carbocycles. The molecule has 0 saturated carbocycles. The van der Waals surface area contributed by atoms with E-state index < -0.39 is 0 Å². The number of likely N-dealkylation sites (tertiary alicyclic amines) is 1. The van der Waals surface area contributed by atoms with Crippen molar-refractivity contribution in [3.8, 4) is 0 Å². The van der Waals surface area contributed by atoms with Gasteiger partial charge in [0.2, 0.25) is 5.91 Å². The van der Waals surface area contributed by atoms with Crippen LogP contribution < -0.4 is 10.6 Å². The smallest absolute Gasteiger partial charge is 0.225 e. The van der Waals surface area contributed by atoms with Crippen molar-refractivity contribution in [1.82, 2.24) is 15.5 Å². The van der Waals surface area contributed by atoms with Gasteiger partial charge < -0.3 is 15.5 Å². The van der Waals surface area contributed by atoms with Gasteiger partial charge in [-0.2, -0.15) is 0 Å². The number of rotatable bonds is 6. The molecule has 0 unspecified atom stereocenters. The maximum atomic E-state index is 13.2. The maximum Gasteiger partial charge on any atom is 0.225 e. The van der Waals surface area contributed by atoms with E-state index in [1.54, 1.807) is 19.2 Å². The van der Waals surface area contributed by atoms with E-state index in [0.717, 1.165) is 56.8 Å². The summed E-state index contributed by atoms with van der Waals surface area (Å²) in [5, 5.41) is 6.76. The average Bonchev–Trinajstić information content (AvgIpc) is 2.64. The molecule has 2 rings (SSSR count). The molecule has 1 aliphatic rings. The summed E-state index contributed by atoms with van der Waals surface area (Å²) in [4.78, 5) is 18.3. The lowest BCUT2D eigenvalue weighted by atomic mass is 10.0. The van der Waals surface area contributed by atoms with Crippen LogP contribution in [0.1, 0.15) is 38.7 Å². The number of halogens is 1. The van der Waals surface area contributed by atoms with Crippen molar-refractivity contribution in [2.45, 2.75) is 45.6 Å². The van der Waals surface area contributed by atoms with Crippen molar-refractivity contribution < 1.29 is 9.18 Å². The highest BCUT2D eigenvalue weighted by molar-refractivity contribution is 5.80. The lowest BCUT2D eigenvalue weighted by Crippen LogP contribution is -2.50. The van der Waals surface area contributed by atoms with E-state index in [-0.39, 0.29) is 17.6 Å². The van der Waals surface area contributed by atoms with Crippen LogP contribution in [-0.4, -0.2) is 49.5 Å². The van der Waals surface area contributed by atoms with E-state index in [9.17, 15) is 9.18 Å². The first-order valence-corrected chi connectivity index (χ1v) is 9.50. The first kappa shape index (κ1) is 20.2. The summed E-state index contributed by atoms with van der Waals surface area (Å²) in [7, 11) is 1.76. The number of benzene rings is 1. The van der Waals surface area contributed by atoms with Gasteiger partial charge in [-0.25, -0.2) is 4.39 Å². The number of carbonyl (C=O) groups excluding carboxylic acids is 1. The van der Waals surface area contributed by atoms with Gasteiger partial charge in [0.15, 0.2) is 5.96 Å². The van der Waals surface area contributed by atoms with E-state index >= 15 is 0 Å². The molecule has 1 heterocycles. The van der Waals surface area contributed by atoms with Gasteiger partial charge >= 0.3 is 0 Å². The molecular formula is C20H31FN4O. The number of guanidine groups is 1. The molecular weight excluding hydrogens is 331 g/mol. The van der Waals surface area contributed by atoms with Crippen molar-refractivity contribution in [3.05, 3.63) is 35.6 Å². The van der Waals surface area contributed by atoms with Gasteiger partial charge in [0.25, 0.3) is 0 Å². The van der Waals surface area contributed by atoms with Crippen LogP contribution >= 0.6 is 0 Å². The number of aryl methyl sites for hydroxylation is 1. The van der Waals surface area contributed by atoms with Crippen LogP contribution in [0, 0.1) is 11.7 Å². The number of nitrogens with one attached hydrogen (secondary N) is 2. The van der Waals surface area contributed by atoms with Crippen LogP contribution in [0.4, 0.5) is 4.39 Å². The second-order valence-electron chi connectivity index (χ2n) is 7.13. The molecule has 0 aromatic heterocycles. The fraction of sp³-hybridized carbons (Fsp3) is 0.600. The molecule has 0 bridgehead atoms. The van der Waals surface area contributed by atoms with Crippen molar-refractivity contribution >= 4 is 11.9 Å². The molecule has 0 atom stereocenters.